The fourth-order valence-corrected chi connectivity index (χ4v) is 16.9. The van der Waals surface area contributed by atoms with Crippen molar-refractivity contribution in [2.75, 3.05) is 46.7 Å². The molecule has 13 atom stereocenters. The molecular weight excluding hydrogens is 1750 g/mol. The zero-order valence-electron chi connectivity index (χ0n) is 77.3. The van der Waals surface area contributed by atoms with Crippen LogP contribution in [0.1, 0.15) is 140 Å². The zero-order chi connectivity index (χ0) is 98.6. The number of phenols is 2. The van der Waals surface area contributed by atoms with Crippen molar-refractivity contribution in [2.24, 2.45) is 29.4 Å². The second-order valence-electron chi connectivity index (χ2n) is 35.0. The number of amides is 12. The van der Waals surface area contributed by atoms with E-state index in [1.54, 1.807) is 126 Å². The van der Waals surface area contributed by atoms with Gasteiger partial charge in [-0.1, -0.05) is 151 Å². The van der Waals surface area contributed by atoms with Crippen molar-refractivity contribution in [3.63, 3.8) is 0 Å². The number of H-pyrrole nitrogens is 1. The summed E-state index contributed by atoms with van der Waals surface area (Å²) in [5.41, 5.74) is 8.02. The van der Waals surface area contributed by atoms with E-state index >= 15 is 56.7 Å². The van der Waals surface area contributed by atoms with Crippen molar-refractivity contribution < 1.29 is 105 Å². The first-order valence-corrected chi connectivity index (χ1v) is 45.7. The molecule has 2 heterocycles. The Balaban J connectivity index is 1.24. The van der Waals surface area contributed by atoms with E-state index in [9.17, 15) is 48.5 Å². The van der Waals surface area contributed by atoms with Crippen LogP contribution in [0.25, 0.3) is 10.9 Å². The summed E-state index contributed by atoms with van der Waals surface area (Å²) in [6, 6.07) is 18.9. The van der Waals surface area contributed by atoms with Crippen LogP contribution >= 0.6 is 11.8 Å². The Labute approximate surface area is 781 Å². The molecule has 720 valence electrons. The number of nitrogens with zero attached hydrogens (tertiary/aromatic N) is 5. The lowest BCUT2D eigenvalue weighted by Crippen LogP contribution is -2.60. The highest BCUT2D eigenvalue weighted by molar-refractivity contribution is 8.00. The summed E-state index contributed by atoms with van der Waals surface area (Å²) in [4.78, 5) is 246. The summed E-state index contributed by atoms with van der Waals surface area (Å²) in [6.07, 6.45) is -3.43. The molecule has 0 spiro atoms. The van der Waals surface area contributed by atoms with Gasteiger partial charge in [0, 0.05) is 134 Å². The van der Waals surface area contributed by atoms with Gasteiger partial charge in [-0.2, -0.15) is 0 Å². The molecule has 0 bridgehead atoms. The molecular formula is C98H122F3N13O19S. The average Bonchev–Trinajstić information content (AvgIpc) is 1.35. The number of nitrogens with two attached hydrogens (primary N) is 1. The Morgan fingerprint density at radius 2 is 0.955 bits per heavy atom. The largest absolute Gasteiger partial charge is 0.508 e. The van der Waals surface area contributed by atoms with E-state index in [0.29, 0.717) is 75.5 Å². The maximum Gasteiger partial charge on any atom is 0.304 e. The first kappa shape index (κ1) is 106. The van der Waals surface area contributed by atoms with Crippen molar-refractivity contribution in [1.82, 2.24) is 61.4 Å². The van der Waals surface area contributed by atoms with E-state index in [1.165, 1.54) is 97.6 Å². The minimum Gasteiger partial charge on any atom is -0.508 e. The van der Waals surface area contributed by atoms with E-state index in [0.717, 1.165) is 24.5 Å². The lowest BCUT2D eigenvalue weighted by Gasteiger charge is -2.38. The number of likely N-dealkylation sites (N-methyl/N-ethyl adjacent to an activating group) is 5. The number of nitrogens with one attached hydrogen (secondary N) is 7. The molecule has 0 saturated carbocycles. The van der Waals surface area contributed by atoms with Crippen LogP contribution in [0.2, 0.25) is 0 Å². The molecule has 0 radical (unpaired) electrons. The first-order chi connectivity index (χ1) is 63.4. The number of carbonyl (C=O) groups is 16. The SMILES string of the molecule is CCCC[C@H]1C(=O)N(C)[C@H](C)C(=O)C[C@@H](CC(=O)O)C(=O)C[C@@H](C(C)C)C(=O)N(C)[C@@H](Cc2ccccc2)C(=O)N[C@@H](Cc2ccc(O)cc2)C(=O)N(C)[C@H](C)C(=O)N[C@@H](Cc2c[nH]c3ccccc23)C(=O)N[C@@H](Cc2ccc(O)cc2)C(=O)N[C@@H](CC(C)C)C(=O)N[C@H](C(=O)CCC(N)=O)CSCC(=O)N[C@@H](Cc2cc(F)c(F)c(F)c2)C(=O)N(C)[C@@H](Cc2ccccc2)C(=O)N1C. The monoisotopic (exact) mass is 1870 g/mol. The van der Waals surface area contributed by atoms with E-state index in [-0.39, 0.29) is 62.0 Å². The third-order valence-electron chi connectivity index (χ3n) is 24.3. The van der Waals surface area contributed by atoms with Crippen molar-refractivity contribution in [3.8, 4) is 11.5 Å². The number of carboxylic acids is 1. The third kappa shape index (κ3) is 30.1. The minimum absolute atomic E-state index is 0.0472. The van der Waals surface area contributed by atoms with E-state index in [2.05, 4.69) is 36.9 Å². The normalized spacial score (nSPS) is 22.8. The molecule has 134 heavy (non-hydrogen) atoms. The Morgan fingerprint density at radius 1 is 0.485 bits per heavy atom. The number of ketones is 3. The van der Waals surface area contributed by atoms with Crippen LogP contribution in [-0.2, 0) is 115 Å². The summed E-state index contributed by atoms with van der Waals surface area (Å²) in [6.45, 7) is 11.2. The highest BCUT2D eigenvalue weighted by atomic mass is 32.2. The number of carboxylic acid groups (broad SMARTS) is 1. The number of phenolic OH excluding ortho intramolecular Hbond substituents is 2. The van der Waals surface area contributed by atoms with E-state index in [4.69, 9.17) is 5.73 Å². The number of hydrogen-bond acceptors (Lipinski definition) is 19. The number of aromatic hydroxyl groups is 2. The van der Waals surface area contributed by atoms with Crippen molar-refractivity contribution >= 4 is 117 Å². The smallest absolute Gasteiger partial charge is 0.304 e. The van der Waals surface area contributed by atoms with Gasteiger partial charge in [-0.15, -0.1) is 11.8 Å². The molecule has 0 aliphatic carbocycles. The van der Waals surface area contributed by atoms with Gasteiger partial charge in [0.05, 0.1) is 24.3 Å². The van der Waals surface area contributed by atoms with Crippen LogP contribution in [0.5, 0.6) is 11.5 Å². The lowest BCUT2D eigenvalue weighted by atomic mass is 9.82. The Kier molecular flexibility index (Phi) is 39.6. The number of aromatic nitrogens is 1. The van der Waals surface area contributed by atoms with Gasteiger partial charge in [0.1, 0.15) is 71.7 Å². The molecule has 32 nitrogen and oxygen atoms in total. The number of carbonyl (C=O) groups excluding carboxylic acids is 15. The number of rotatable bonds is 24. The number of fused-ring (bicyclic) bond motifs is 1. The summed E-state index contributed by atoms with van der Waals surface area (Å²) in [5, 5.41) is 48.2. The number of Topliss-reactive ketones (excluding diaryl/α,β-unsaturated/α-hetero) is 3. The number of primary amides is 1. The van der Waals surface area contributed by atoms with Gasteiger partial charge in [0.2, 0.25) is 70.9 Å². The van der Waals surface area contributed by atoms with Gasteiger partial charge in [-0.3, -0.25) is 76.7 Å². The molecule has 12 amide bonds. The number of aromatic amines is 1. The van der Waals surface area contributed by atoms with Crippen molar-refractivity contribution in [2.45, 2.75) is 211 Å². The minimum atomic E-state index is -1.86. The number of para-hydroxylation sites is 1. The number of benzene rings is 6. The number of hydrogen-bond donors (Lipinski definition) is 11. The second-order valence-corrected chi connectivity index (χ2v) is 36.1. The standard InChI is InChI=1S/C98H122F3N13O19S/c1-13-14-29-79-97(132)110(8)57(6)83(118)49-64(50-87(122)123)84(119)51-69(56(4)5)94(129)113(11)80(46-59-23-17-15-18-24-59)93(128)108-77(44-62-32-36-67(116)37-33-62)95(130)111(9)58(7)89(124)105-75(48-65-52-103-72-28-22-21-27-68(65)72)92(127)107-74(43-61-30-34-66(115)35-31-61)91(126)106-73(40-55(2)3)90(125)109-78(82(117)38-39-85(102)120)53-134-54-86(121)104-76(45-63-41-70(99)88(101)71(100)42-63)96(131)114(12)81(98(133)112(79)10)47-60-25-19-16-20-26-60/h15-28,30-37,41-42,52,55-58,64,69,73-81,103,115-116H,13-14,29,38-40,43-51,53-54H2,1-12H3,(H2,102,120)(H,104,121)(H,105,124)(H,106,126)(H,107,127)(H,108,128)(H,109,125)(H,122,123)/t57-,58-,64+,69+,73+,74+,75+,76+,77+,78+,79+,80+,81+/m1/s1. The number of unbranched alkanes of at least 4 members (excludes halogenated alkanes) is 1. The average molecular weight is 1880 g/mol. The molecule has 12 N–H and O–H groups in total. The third-order valence-corrected chi connectivity index (χ3v) is 25.3. The molecule has 8 rings (SSSR count). The Hall–Kier alpha value is -13.3. The highest BCUT2D eigenvalue weighted by Crippen LogP contribution is 2.30. The van der Waals surface area contributed by atoms with Gasteiger partial charge in [-0.25, -0.2) is 13.2 Å². The second kappa shape index (κ2) is 50.0. The predicted molar refractivity (Wildman–Crippen MR) is 495 cm³/mol. The molecule has 1 aromatic heterocycles. The molecule has 6 aromatic carbocycles. The Bertz CT molecular complexity index is 5320. The summed E-state index contributed by atoms with van der Waals surface area (Å²) in [7, 11) is 6.34. The van der Waals surface area contributed by atoms with Gasteiger partial charge < -0.3 is 82.4 Å². The molecule has 1 fully saturated rings. The lowest BCUT2D eigenvalue weighted by molar-refractivity contribution is -0.152. The predicted octanol–water partition coefficient (Wildman–Crippen LogP) is 6.94. The fourth-order valence-electron chi connectivity index (χ4n) is 16.0. The topological polar surface area (TPSA) is 464 Å². The number of thioether (sulfide) groups is 1. The van der Waals surface area contributed by atoms with Crippen LogP contribution in [0.3, 0.4) is 0 Å². The van der Waals surface area contributed by atoms with Gasteiger partial charge >= 0.3 is 5.97 Å². The van der Waals surface area contributed by atoms with Crippen molar-refractivity contribution in [3.05, 3.63) is 203 Å². The summed E-state index contributed by atoms with van der Waals surface area (Å²) < 4.78 is 45.1. The van der Waals surface area contributed by atoms with Gasteiger partial charge in [0.15, 0.2) is 29.0 Å². The van der Waals surface area contributed by atoms with Crippen molar-refractivity contribution in [1.29, 1.82) is 0 Å². The first-order valence-electron chi connectivity index (χ1n) is 44.6. The molecule has 1 aliphatic rings. The summed E-state index contributed by atoms with van der Waals surface area (Å²) >= 11 is 0.713. The molecule has 1 saturated heterocycles. The molecule has 36 heteroatoms. The van der Waals surface area contributed by atoms with E-state index < -0.39 is 252 Å². The molecule has 7 aromatic rings. The van der Waals surface area contributed by atoms with Crippen LogP contribution in [-0.4, -0.2) is 252 Å². The number of aliphatic carboxylic acids is 1. The van der Waals surface area contributed by atoms with Crippen LogP contribution < -0.4 is 37.6 Å². The zero-order valence-corrected chi connectivity index (χ0v) is 78.2. The van der Waals surface area contributed by atoms with Crippen LogP contribution in [0.4, 0.5) is 13.2 Å². The quantitative estimate of drug-likeness (QED) is 0.0273. The van der Waals surface area contributed by atoms with Gasteiger partial charge in [-0.05, 0) is 114 Å². The molecule has 1 aliphatic heterocycles. The van der Waals surface area contributed by atoms with Crippen LogP contribution in [0.15, 0.2) is 152 Å². The molecule has 0 unspecified atom stereocenters. The fraction of sp³-hybridized carbons (Fsp3) is 0.449. The van der Waals surface area contributed by atoms with E-state index in [1.807, 2.05) is 0 Å². The Morgan fingerprint density at radius 3 is 1.51 bits per heavy atom. The maximum atomic E-state index is 15.6. The summed E-state index contributed by atoms with van der Waals surface area (Å²) in [5.74, 6) is -25.7. The van der Waals surface area contributed by atoms with Crippen LogP contribution in [0, 0.1) is 41.1 Å². The maximum absolute atomic E-state index is 15.6. The van der Waals surface area contributed by atoms with Gasteiger partial charge in [0.25, 0.3) is 0 Å². The number of halogens is 3. The highest BCUT2D eigenvalue weighted by Gasteiger charge is 2.44.